The van der Waals surface area contributed by atoms with Crippen molar-refractivity contribution in [3.63, 3.8) is 0 Å². The highest BCUT2D eigenvalue weighted by molar-refractivity contribution is 7.18. The molecule has 2 aliphatic carbocycles. The van der Waals surface area contributed by atoms with Gasteiger partial charge < -0.3 is 0 Å². The van der Waals surface area contributed by atoms with Crippen molar-refractivity contribution in [3.8, 4) is 0 Å². The maximum absolute atomic E-state index is 12.9. The molecule has 0 amide bonds. The summed E-state index contributed by atoms with van der Waals surface area (Å²) in [5, 5.41) is 5.22. The SMILES string of the molecule is CC1(C)CC(=O)C/C(=N\n2cnc3sc4c(c3c2=O)CCCC4)C1. The molecule has 126 valence electrons. The third kappa shape index (κ3) is 2.73. The van der Waals surface area contributed by atoms with Crippen LogP contribution in [0.4, 0.5) is 0 Å². The quantitative estimate of drug-likeness (QED) is 0.798. The summed E-state index contributed by atoms with van der Waals surface area (Å²) < 4.78 is 1.34. The third-order valence-corrected chi connectivity index (χ3v) is 6.07. The topological polar surface area (TPSA) is 64.3 Å². The first kappa shape index (κ1) is 15.7. The highest BCUT2D eigenvalue weighted by Crippen LogP contribution is 2.34. The fourth-order valence-electron chi connectivity index (χ4n) is 3.93. The second kappa shape index (κ2) is 5.62. The van der Waals surface area contributed by atoms with E-state index in [2.05, 4.69) is 23.9 Å². The highest BCUT2D eigenvalue weighted by atomic mass is 32.1. The molecule has 0 aliphatic heterocycles. The van der Waals surface area contributed by atoms with Crippen molar-refractivity contribution in [1.29, 1.82) is 0 Å². The number of carbonyl (C=O) groups is 1. The van der Waals surface area contributed by atoms with E-state index < -0.39 is 0 Å². The van der Waals surface area contributed by atoms with Gasteiger partial charge in [0.25, 0.3) is 5.56 Å². The van der Waals surface area contributed by atoms with Crippen LogP contribution in [0, 0.1) is 5.41 Å². The van der Waals surface area contributed by atoms with E-state index in [1.807, 2.05) is 0 Å². The van der Waals surface area contributed by atoms with Crippen LogP contribution in [0.15, 0.2) is 16.2 Å². The molecule has 0 spiro atoms. The van der Waals surface area contributed by atoms with Crippen LogP contribution in [-0.4, -0.2) is 21.2 Å². The largest absolute Gasteiger partial charge is 0.299 e. The van der Waals surface area contributed by atoms with Crippen molar-refractivity contribution in [3.05, 3.63) is 27.1 Å². The third-order valence-electron chi connectivity index (χ3n) is 4.87. The number of carbonyl (C=O) groups excluding carboxylic acids is 1. The van der Waals surface area contributed by atoms with Gasteiger partial charge in [0.2, 0.25) is 0 Å². The van der Waals surface area contributed by atoms with E-state index >= 15 is 0 Å². The minimum Gasteiger partial charge on any atom is -0.299 e. The molecular weight excluding hydrogens is 322 g/mol. The maximum atomic E-state index is 12.9. The molecule has 0 saturated heterocycles. The smallest absolute Gasteiger partial charge is 0.282 e. The maximum Gasteiger partial charge on any atom is 0.282 e. The molecule has 0 N–H and O–H groups in total. The summed E-state index contributed by atoms with van der Waals surface area (Å²) in [6, 6.07) is 0. The van der Waals surface area contributed by atoms with E-state index in [4.69, 9.17) is 0 Å². The van der Waals surface area contributed by atoms with Gasteiger partial charge in [-0.25, -0.2) is 4.98 Å². The molecule has 6 heteroatoms. The molecule has 0 radical (unpaired) electrons. The summed E-state index contributed by atoms with van der Waals surface area (Å²) in [6.07, 6.45) is 7.49. The van der Waals surface area contributed by atoms with Crippen LogP contribution in [0.3, 0.4) is 0 Å². The van der Waals surface area contributed by atoms with Gasteiger partial charge in [-0.1, -0.05) is 13.8 Å². The van der Waals surface area contributed by atoms with E-state index in [1.165, 1.54) is 27.9 Å². The van der Waals surface area contributed by atoms with Crippen molar-refractivity contribution >= 4 is 33.0 Å². The van der Waals surface area contributed by atoms with E-state index in [0.717, 1.165) is 41.6 Å². The Morgan fingerprint density at radius 1 is 1.21 bits per heavy atom. The predicted molar refractivity (Wildman–Crippen MR) is 96.0 cm³/mol. The Kier molecular flexibility index (Phi) is 3.67. The summed E-state index contributed by atoms with van der Waals surface area (Å²) in [5.41, 5.74) is 1.77. The summed E-state index contributed by atoms with van der Waals surface area (Å²) in [5.74, 6) is 0.194. The van der Waals surface area contributed by atoms with Crippen LogP contribution in [0.2, 0.25) is 0 Å². The fraction of sp³-hybridized carbons (Fsp3) is 0.556. The number of nitrogens with zero attached hydrogens (tertiary/aromatic N) is 3. The number of fused-ring (bicyclic) bond motifs is 3. The van der Waals surface area contributed by atoms with Crippen LogP contribution in [0.25, 0.3) is 10.2 Å². The molecule has 2 aromatic rings. The Labute approximate surface area is 144 Å². The fourth-order valence-corrected chi connectivity index (χ4v) is 5.15. The number of Topliss-reactive ketones (excluding diaryl/α,β-unsaturated/α-hetero) is 1. The number of aromatic nitrogens is 2. The number of hydrogen-bond donors (Lipinski definition) is 0. The summed E-state index contributed by atoms with van der Waals surface area (Å²) in [6.45, 7) is 4.14. The Balaban J connectivity index is 1.80. The number of hydrogen-bond acceptors (Lipinski definition) is 5. The standard InChI is InChI=1S/C18H21N3O2S/c1-18(2)8-11(7-12(22)9-18)20-21-10-19-16-15(17(21)23)13-5-3-4-6-14(13)24-16/h10H,3-9H2,1-2H3/b20-11+. The first-order chi connectivity index (χ1) is 11.4. The zero-order valence-corrected chi connectivity index (χ0v) is 14.9. The molecule has 0 aromatic carbocycles. The van der Waals surface area contributed by atoms with E-state index in [0.29, 0.717) is 12.8 Å². The van der Waals surface area contributed by atoms with Gasteiger partial charge in [0.1, 0.15) is 16.9 Å². The van der Waals surface area contributed by atoms with Gasteiger partial charge in [-0.2, -0.15) is 9.78 Å². The Bertz CT molecular complexity index is 920. The molecule has 2 aliphatic rings. The van der Waals surface area contributed by atoms with Gasteiger partial charge in [0.05, 0.1) is 5.39 Å². The van der Waals surface area contributed by atoms with Crippen molar-refractivity contribution in [2.24, 2.45) is 10.5 Å². The molecule has 0 bridgehead atoms. The average Bonchev–Trinajstić information content (AvgIpc) is 2.87. The Morgan fingerprint density at radius 2 is 2.00 bits per heavy atom. The van der Waals surface area contributed by atoms with Gasteiger partial charge >= 0.3 is 0 Å². The van der Waals surface area contributed by atoms with E-state index in [-0.39, 0.29) is 16.8 Å². The molecule has 0 atom stereocenters. The minimum absolute atomic E-state index is 0.0865. The predicted octanol–water partition coefficient (Wildman–Crippen LogP) is 3.32. The first-order valence-corrected chi connectivity index (χ1v) is 9.35. The lowest BCUT2D eigenvalue weighted by Gasteiger charge is -2.29. The molecule has 5 nitrogen and oxygen atoms in total. The van der Waals surface area contributed by atoms with Crippen molar-refractivity contribution in [1.82, 2.24) is 9.66 Å². The van der Waals surface area contributed by atoms with Crippen LogP contribution >= 0.6 is 11.3 Å². The zero-order valence-electron chi connectivity index (χ0n) is 14.1. The highest BCUT2D eigenvalue weighted by Gasteiger charge is 2.30. The zero-order chi connectivity index (χ0) is 16.9. The normalized spacial score (nSPS) is 22.1. The second-order valence-corrected chi connectivity index (χ2v) is 8.77. The van der Waals surface area contributed by atoms with Gasteiger partial charge in [0, 0.05) is 23.4 Å². The average molecular weight is 343 g/mol. The summed E-state index contributed by atoms with van der Waals surface area (Å²) in [4.78, 5) is 31.4. The number of ketones is 1. The van der Waals surface area contributed by atoms with Crippen LogP contribution < -0.4 is 5.56 Å². The molecule has 0 unspecified atom stereocenters. The lowest BCUT2D eigenvalue weighted by molar-refractivity contribution is -0.120. The van der Waals surface area contributed by atoms with Crippen molar-refractivity contribution in [2.45, 2.75) is 58.8 Å². The number of aryl methyl sites for hydroxylation is 2. The molecule has 24 heavy (non-hydrogen) atoms. The van der Waals surface area contributed by atoms with Crippen LogP contribution in [0.5, 0.6) is 0 Å². The van der Waals surface area contributed by atoms with E-state index in [1.54, 1.807) is 11.3 Å². The monoisotopic (exact) mass is 343 g/mol. The molecular formula is C18H21N3O2S. The van der Waals surface area contributed by atoms with Gasteiger partial charge in [-0.05, 0) is 43.1 Å². The minimum atomic E-state index is -0.0947. The number of thiophene rings is 1. The summed E-state index contributed by atoms with van der Waals surface area (Å²) in [7, 11) is 0. The van der Waals surface area contributed by atoms with E-state index in [9.17, 15) is 9.59 Å². The summed E-state index contributed by atoms with van der Waals surface area (Å²) >= 11 is 1.64. The van der Waals surface area contributed by atoms with Gasteiger partial charge in [-0.15, -0.1) is 11.3 Å². The first-order valence-electron chi connectivity index (χ1n) is 8.53. The lowest BCUT2D eigenvalue weighted by atomic mass is 9.76. The molecule has 2 heterocycles. The van der Waals surface area contributed by atoms with Crippen LogP contribution in [0.1, 0.15) is 56.4 Å². The van der Waals surface area contributed by atoms with Crippen molar-refractivity contribution < 1.29 is 4.79 Å². The number of rotatable bonds is 1. The molecule has 1 saturated carbocycles. The molecule has 4 rings (SSSR count). The molecule has 1 fully saturated rings. The van der Waals surface area contributed by atoms with Gasteiger partial charge in [0.15, 0.2) is 0 Å². The Morgan fingerprint density at radius 3 is 2.79 bits per heavy atom. The Hall–Kier alpha value is -1.82. The second-order valence-electron chi connectivity index (χ2n) is 7.68. The van der Waals surface area contributed by atoms with Crippen LogP contribution in [-0.2, 0) is 17.6 Å². The van der Waals surface area contributed by atoms with Crippen molar-refractivity contribution in [2.75, 3.05) is 0 Å². The molecule has 2 aromatic heterocycles. The lowest BCUT2D eigenvalue weighted by Crippen LogP contribution is -2.30. The van der Waals surface area contributed by atoms with Gasteiger partial charge in [-0.3, -0.25) is 9.59 Å².